The van der Waals surface area contributed by atoms with Crippen LogP contribution in [0.3, 0.4) is 0 Å². The van der Waals surface area contributed by atoms with E-state index in [1.165, 1.54) is 0 Å². The summed E-state index contributed by atoms with van der Waals surface area (Å²) in [5.41, 5.74) is 1.11. The lowest BCUT2D eigenvalue weighted by Gasteiger charge is -2.26. The second-order valence-electron chi connectivity index (χ2n) is 6.10. The lowest BCUT2D eigenvalue weighted by molar-refractivity contribution is -0.122. The SMILES string of the molecule is CN(CC(=O)NCC1COc2ccccc2O1)Cc1ccc(Cl)cc1. The Kier molecular flexibility index (Phi) is 5.79. The Morgan fingerprint density at radius 3 is 2.68 bits per heavy atom. The summed E-state index contributed by atoms with van der Waals surface area (Å²) in [6.45, 7) is 1.84. The largest absolute Gasteiger partial charge is 0.486 e. The predicted octanol–water partition coefficient (Wildman–Crippen LogP) is 2.73. The van der Waals surface area contributed by atoms with Crippen LogP contribution in [0.25, 0.3) is 0 Å². The van der Waals surface area contributed by atoms with Gasteiger partial charge in [-0.1, -0.05) is 35.9 Å². The van der Waals surface area contributed by atoms with Gasteiger partial charge in [0, 0.05) is 11.6 Å². The van der Waals surface area contributed by atoms with Gasteiger partial charge in [-0.15, -0.1) is 0 Å². The molecule has 0 saturated heterocycles. The van der Waals surface area contributed by atoms with Crippen LogP contribution >= 0.6 is 11.6 Å². The van der Waals surface area contributed by atoms with Crippen molar-refractivity contribution in [3.63, 3.8) is 0 Å². The normalized spacial score (nSPS) is 15.9. The molecule has 25 heavy (non-hydrogen) atoms. The molecule has 1 N–H and O–H groups in total. The van der Waals surface area contributed by atoms with E-state index in [1.807, 2.05) is 60.5 Å². The van der Waals surface area contributed by atoms with Crippen molar-refractivity contribution >= 4 is 17.5 Å². The number of hydrogen-bond acceptors (Lipinski definition) is 4. The van der Waals surface area contributed by atoms with E-state index in [1.54, 1.807) is 0 Å². The van der Waals surface area contributed by atoms with Gasteiger partial charge in [-0.3, -0.25) is 9.69 Å². The van der Waals surface area contributed by atoms with Gasteiger partial charge in [-0.05, 0) is 36.9 Å². The summed E-state index contributed by atoms with van der Waals surface area (Å²) >= 11 is 5.88. The lowest BCUT2D eigenvalue weighted by Crippen LogP contribution is -2.43. The van der Waals surface area contributed by atoms with Crippen molar-refractivity contribution in [3.8, 4) is 11.5 Å². The minimum absolute atomic E-state index is 0.0427. The molecule has 0 spiro atoms. The summed E-state index contributed by atoms with van der Waals surface area (Å²) < 4.78 is 11.5. The Bertz CT molecular complexity index is 721. The first-order chi connectivity index (χ1) is 12.1. The third-order valence-corrected chi connectivity index (χ3v) is 4.13. The van der Waals surface area contributed by atoms with Gasteiger partial charge in [0.25, 0.3) is 0 Å². The zero-order valence-corrected chi connectivity index (χ0v) is 14.8. The maximum Gasteiger partial charge on any atom is 0.234 e. The molecule has 3 rings (SSSR count). The number of nitrogens with one attached hydrogen (secondary N) is 1. The summed E-state index contributed by atoms with van der Waals surface area (Å²) in [4.78, 5) is 14.1. The first-order valence-electron chi connectivity index (χ1n) is 8.18. The van der Waals surface area contributed by atoms with Crippen molar-refractivity contribution < 1.29 is 14.3 Å². The number of nitrogens with zero attached hydrogens (tertiary/aromatic N) is 1. The Morgan fingerprint density at radius 2 is 1.92 bits per heavy atom. The number of carbonyl (C=O) groups excluding carboxylic acids is 1. The lowest BCUT2D eigenvalue weighted by atomic mass is 10.2. The van der Waals surface area contributed by atoms with E-state index in [9.17, 15) is 4.79 Å². The first-order valence-corrected chi connectivity index (χ1v) is 8.56. The highest BCUT2D eigenvalue weighted by atomic mass is 35.5. The maximum absolute atomic E-state index is 12.1. The minimum Gasteiger partial charge on any atom is -0.486 e. The Balaban J connectivity index is 1.41. The summed E-state index contributed by atoms with van der Waals surface area (Å²) in [6, 6.07) is 15.2. The average molecular weight is 361 g/mol. The minimum atomic E-state index is -0.180. The van der Waals surface area contributed by atoms with Crippen LogP contribution in [-0.4, -0.2) is 43.7 Å². The number of para-hydroxylation sites is 2. The highest BCUT2D eigenvalue weighted by Gasteiger charge is 2.21. The molecule has 5 nitrogen and oxygen atoms in total. The van der Waals surface area contributed by atoms with Gasteiger partial charge in [0.2, 0.25) is 5.91 Å². The van der Waals surface area contributed by atoms with Crippen molar-refractivity contribution in [2.24, 2.45) is 0 Å². The van der Waals surface area contributed by atoms with Gasteiger partial charge in [0.05, 0.1) is 13.1 Å². The molecule has 132 valence electrons. The van der Waals surface area contributed by atoms with Crippen molar-refractivity contribution in [1.82, 2.24) is 10.2 Å². The van der Waals surface area contributed by atoms with Gasteiger partial charge < -0.3 is 14.8 Å². The van der Waals surface area contributed by atoms with Gasteiger partial charge in [0.1, 0.15) is 12.7 Å². The van der Waals surface area contributed by atoms with Crippen LogP contribution in [0.1, 0.15) is 5.56 Å². The Morgan fingerprint density at radius 1 is 1.20 bits per heavy atom. The molecule has 0 bridgehead atoms. The number of likely N-dealkylation sites (N-methyl/N-ethyl adjacent to an activating group) is 1. The van der Waals surface area contributed by atoms with E-state index in [-0.39, 0.29) is 12.0 Å². The van der Waals surface area contributed by atoms with E-state index in [2.05, 4.69) is 5.32 Å². The summed E-state index contributed by atoms with van der Waals surface area (Å²) in [5.74, 6) is 1.42. The van der Waals surface area contributed by atoms with Crippen LogP contribution in [0.5, 0.6) is 11.5 Å². The average Bonchev–Trinajstić information content (AvgIpc) is 2.61. The topological polar surface area (TPSA) is 50.8 Å². The first kappa shape index (κ1) is 17.6. The molecular weight excluding hydrogens is 340 g/mol. The van der Waals surface area contributed by atoms with Crippen molar-refractivity contribution in [1.29, 1.82) is 0 Å². The van der Waals surface area contributed by atoms with E-state index >= 15 is 0 Å². The number of hydrogen-bond donors (Lipinski definition) is 1. The molecule has 1 atom stereocenters. The van der Waals surface area contributed by atoms with E-state index < -0.39 is 0 Å². The number of carbonyl (C=O) groups is 1. The number of fused-ring (bicyclic) bond motifs is 1. The van der Waals surface area contributed by atoms with Gasteiger partial charge >= 0.3 is 0 Å². The molecule has 2 aromatic carbocycles. The molecule has 0 fully saturated rings. The van der Waals surface area contributed by atoms with Gasteiger partial charge in [-0.2, -0.15) is 0 Å². The van der Waals surface area contributed by atoms with E-state index in [4.69, 9.17) is 21.1 Å². The van der Waals surface area contributed by atoms with E-state index in [0.717, 1.165) is 11.3 Å². The summed E-state index contributed by atoms with van der Waals surface area (Å²) in [6.07, 6.45) is -0.180. The second kappa shape index (κ2) is 8.23. The van der Waals surface area contributed by atoms with Crippen molar-refractivity contribution in [2.45, 2.75) is 12.6 Å². The molecule has 1 heterocycles. The van der Waals surface area contributed by atoms with Crippen LogP contribution in [0.2, 0.25) is 5.02 Å². The van der Waals surface area contributed by atoms with Crippen LogP contribution < -0.4 is 14.8 Å². The van der Waals surface area contributed by atoms with Gasteiger partial charge in [0.15, 0.2) is 11.5 Å². The third-order valence-electron chi connectivity index (χ3n) is 3.87. The molecule has 0 radical (unpaired) electrons. The molecule has 6 heteroatoms. The predicted molar refractivity (Wildman–Crippen MR) is 97.1 cm³/mol. The van der Waals surface area contributed by atoms with Crippen LogP contribution in [0, 0.1) is 0 Å². The fraction of sp³-hybridized carbons (Fsp3) is 0.316. The maximum atomic E-state index is 12.1. The molecule has 1 amide bonds. The Labute approximate surface area is 152 Å². The number of ether oxygens (including phenoxy) is 2. The fourth-order valence-electron chi connectivity index (χ4n) is 2.65. The number of halogens is 1. The number of amides is 1. The highest BCUT2D eigenvalue weighted by Crippen LogP contribution is 2.30. The molecular formula is C19H21ClN2O3. The zero-order chi connectivity index (χ0) is 17.6. The van der Waals surface area contributed by atoms with Crippen LogP contribution in [0.15, 0.2) is 48.5 Å². The van der Waals surface area contributed by atoms with Crippen molar-refractivity contribution in [2.75, 3.05) is 26.7 Å². The quantitative estimate of drug-likeness (QED) is 0.860. The van der Waals surface area contributed by atoms with Crippen LogP contribution in [-0.2, 0) is 11.3 Å². The molecule has 0 aliphatic carbocycles. The Hall–Kier alpha value is -2.24. The molecule has 1 aliphatic heterocycles. The third kappa shape index (κ3) is 5.11. The fourth-order valence-corrected chi connectivity index (χ4v) is 2.78. The molecule has 0 saturated carbocycles. The van der Waals surface area contributed by atoms with Crippen molar-refractivity contribution in [3.05, 3.63) is 59.1 Å². The summed E-state index contributed by atoms with van der Waals surface area (Å²) in [7, 11) is 1.91. The monoisotopic (exact) mass is 360 g/mol. The molecule has 1 unspecified atom stereocenters. The molecule has 2 aromatic rings. The molecule has 0 aromatic heterocycles. The van der Waals surface area contributed by atoms with E-state index in [0.29, 0.717) is 37.0 Å². The highest BCUT2D eigenvalue weighted by molar-refractivity contribution is 6.30. The molecule has 1 aliphatic rings. The van der Waals surface area contributed by atoms with Gasteiger partial charge in [-0.25, -0.2) is 0 Å². The number of benzene rings is 2. The second-order valence-corrected chi connectivity index (χ2v) is 6.54. The van der Waals surface area contributed by atoms with Crippen LogP contribution in [0.4, 0.5) is 0 Å². The smallest absolute Gasteiger partial charge is 0.234 e. The summed E-state index contributed by atoms with van der Waals surface area (Å²) in [5, 5.41) is 3.61. The zero-order valence-electron chi connectivity index (χ0n) is 14.1. The standard InChI is InChI=1S/C19H21ClN2O3/c1-22(11-14-6-8-15(20)9-7-14)12-19(23)21-10-16-13-24-17-4-2-3-5-18(17)25-16/h2-9,16H,10-13H2,1H3,(H,21,23). The number of rotatable bonds is 6.